The number of carboxylic acids is 1. The molecule has 3 rings (SSSR count). The second-order valence-electron chi connectivity index (χ2n) is 4.92. The maximum atomic E-state index is 11.0. The molecular formula is C15H14ClN2O3S-. The van der Waals surface area contributed by atoms with Crippen LogP contribution in [0.4, 0.5) is 5.13 Å². The molecule has 0 amide bonds. The molecular weight excluding hydrogens is 324 g/mol. The molecule has 22 heavy (non-hydrogen) atoms. The van der Waals surface area contributed by atoms with Crippen LogP contribution in [0, 0.1) is 0 Å². The van der Waals surface area contributed by atoms with Crippen LogP contribution in [-0.4, -0.2) is 37.3 Å². The smallest absolute Gasteiger partial charge is 0.186 e. The Hall–Kier alpha value is -1.63. The second kappa shape index (κ2) is 6.64. The Bertz CT molecular complexity index is 666. The van der Waals surface area contributed by atoms with Gasteiger partial charge in [0.15, 0.2) is 5.13 Å². The van der Waals surface area contributed by atoms with Gasteiger partial charge in [-0.1, -0.05) is 23.7 Å². The van der Waals surface area contributed by atoms with E-state index >= 15 is 0 Å². The highest BCUT2D eigenvalue weighted by molar-refractivity contribution is 7.16. The van der Waals surface area contributed by atoms with Crippen LogP contribution in [0.15, 0.2) is 24.3 Å². The highest BCUT2D eigenvalue weighted by atomic mass is 35.5. The van der Waals surface area contributed by atoms with Crippen molar-refractivity contribution in [1.29, 1.82) is 0 Å². The van der Waals surface area contributed by atoms with Crippen molar-refractivity contribution < 1.29 is 14.6 Å². The predicted octanol–water partition coefficient (Wildman–Crippen LogP) is 1.59. The molecule has 2 aromatic rings. The van der Waals surface area contributed by atoms with Gasteiger partial charge in [0.25, 0.3) is 0 Å². The summed E-state index contributed by atoms with van der Waals surface area (Å²) in [5.41, 5.74) is 1.55. The van der Waals surface area contributed by atoms with E-state index in [1.807, 2.05) is 12.1 Å². The fraction of sp³-hybridized carbons (Fsp3) is 0.333. The molecule has 1 saturated heterocycles. The Morgan fingerprint density at radius 2 is 2.00 bits per heavy atom. The first kappa shape index (κ1) is 15.3. The molecule has 2 heterocycles. The third-order valence-corrected chi connectivity index (χ3v) is 4.76. The largest absolute Gasteiger partial charge is 0.550 e. The minimum Gasteiger partial charge on any atom is -0.550 e. The number of hydrogen-bond donors (Lipinski definition) is 0. The summed E-state index contributed by atoms with van der Waals surface area (Å²) < 4.78 is 5.34. The monoisotopic (exact) mass is 337 g/mol. The highest BCUT2D eigenvalue weighted by Gasteiger charge is 2.19. The number of carbonyl (C=O) groups excluding carboxylic acids is 1. The summed E-state index contributed by atoms with van der Waals surface area (Å²) in [6.07, 6.45) is -0.139. The van der Waals surface area contributed by atoms with E-state index in [4.69, 9.17) is 16.3 Å². The van der Waals surface area contributed by atoms with E-state index in [1.165, 1.54) is 11.3 Å². The molecule has 0 radical (unpaired) electrons. The topological polar surface area (TPSA) is 65.5 Å². The lowest BCUT2D eigenvalue weighted by Gasteiger charge is -2.26. The number of halogens is 1. The van der Waals surface area contributed by atoms with E-state index < -0.39 is 5.97 Å². The number of carbonyl (C=O) groups is 1. The van der Waals surface area contributed by atoms with E-state index in [-0.39, 0.29) is 6.42 Å². The zero-order chi connectivity index (χ0) is 15.5. The maximum absolute atomic E-state index is 11.0. The number of thiazole rings is 1. The lowest BCUT2D eigenvalue weighted by Crippen LogP contribution is -2.36. The Morgan fingerprint density at radius 1 is 1.32 bits per heavy atom. The van der Waals surface area contributed by atoms with E-state index in [9.17, 15) is 9.90 Å². The highest BCUT2D eigenvalue weighted by Crippen LogP contribution is 2.34. The van der Waals surface area contributed by atoms with Crippen molar-refractivity contribution in [3.63, 3.8) is 0 Å². The van der Waals surface area contributed by atoms with Gasteiger partial charge in [0.2, 0.25) is 0 Å². The third-order valence-electron chi connectivity index (χ3n) is 3.39. The van der Waals surface area contributed by atoms with E-state index in [0.717, 1.165) is 23.8 Å². The van der Waals surface area contributed by atoms with Gasteiger partial charge in [0.1, 0.15) is 0 Å². The fourth-order valence-electron chi connectivity index (χ4n) is 2.31. The Morgan fingerprint density at radius 3 is 2.64 bits per heavy atom. The molecule has 1 aromatic heterocycles. The molecule has 7 heteroatoms. The van der Waals surface area contributed by atoms with Crippen LogP contribution >= 0.6 is 22.9 Å². The van der Waals surface area contributed by atoms with Gasteiger partial charge in [0.05, 0.1) is 18.9 Å². The molecule has 0 atom stereocenters. The third kappa shape index (κ3) is 3.40. The van der Waals surface area contributed by atoms with Crippen LogP contribution < -0.4 is 10.0 Å². The molecule has 5 nitrogen and oxygen atoms in total. The van der Waals surface area contributed by atoms with Crippen molar-refractivity contribution in [3.05, 3.63) is 34.2 Å². The number of nitrogens with zero attached hydrogens (tertiary/aromatic N) is 2. The van der Waals surface area contributed by atoms with Crippen molar-refractivity contribution in [2.45, 2.75) is 6.42 Å². The summed E-state index contributed by atoms with van der Waals surface area (Å²) in [7, 11) is 0. The standard InChI is InChI=1S/C15H15ClN2O3S/c16-11-3-1-10(2-4-11)14-12(9-13(19)20)22-15(17-14)18-5-7-21-8-6-18/h1-4H,5-9H2,(H,19,20)/p-1. The summed E-state index contributed by atoms with van der Waals surface area (Å²) in [5, 5.41) is 12.5. The molecule has 0 bridgehead atoms. The number of carboxylic acid groups (broad SMARTS) is 1. The average Bonchev–Trinajstić information content (AvgIpc) is 2.92. The molecule has 0 N–H and O–H groups in total. The van der Waals surface area contributed by atoms with E-state index in [2.05, 4.69) is 9.88 Å². The minimum atomic E-state index is -1.10. The number of rotatable bonds is 4. The number of ether oxygens (including phenoxy) is 1. The first-order chi connectivity index (χ1) is 10.6. The number of morpholine rings is 1. The van der Waals surface area contributed by atoms with E-state index in [1.54, 1.807) is 12.1 Å². The molecule has 1 aromatic carbocycles. The molecule has 0 saturated carbocycles. The van der Waals surface area contributed by atoms with Crippen molar-refractivity contribution >= 4 is 34.0 Å². The summed E-state index contributed by atoms with van der Waals surface area (Å²) in [6, 6.07) is 7.24. The number of hydrogen-bond acceptors (Lipinski definition) is 6. The molecule has 1 aliphatic heterocycles. The van der Waals surface area contributed by atoms with Crippen molar-refractivity contribution in [3.8, 4) is 11.3 Å². The predicted molar refractivity (Wildman–Crippen MR) is 84.3 cm³/mol. The zero-order valence-corrected chi connectivity index (χ0v) is 13.3. The summed E-state index contributed by atoms with van der Waals surface area (Å²) in [5.74, 6) is -1.10. The van der Waals surface area contributed by atoms with Crippen LogP contribution in [-0.2, 0) is 16.0 Å². The first-order valence-electron chi connectivity index (χ1n) is 6.91. The normalized spacial score (nSPS) is 15.0. The van der Waals surface area contributed by atoms with Crippen LogP contribution in [0.2, 0.25) is 5.02 Å². The summed E-state index contributed by atoms with van der Waals surface area (Å²) >= 11 is 7.30. The molecule has 0 aliphatic carbocycles. The van der Waals surface area contributed by atoms with Crippen LogP contribution in [0.3, 0.4) is 0 Å². The summed E-state index contributed by atoms with van der Waals surface area (Å²) in [6.45, 7) is 2.84. The zero-order valence-electron chi connectivity index (χ0n) is 11.8. The quantitative estimate of drug-likeness (QED) is 0.847. The van der Waals surface area contributed by atoms with Crippen molar-refractivity contribution in [1.82, 2.24) is 4.98 Å². The molecule has 1 fully saturated rings. The molecule has 116 valence electrons. The second-order valence-corrected chi connectivity index (χ2v) is 6.42. The van der Waals surface area contributed by atoms with Crippen LogP contribution in [0.1, 0.15) is 4.88 Å². The van der Waals surface area contributed by atoms with Gasteiger partial charge in [-0.25, -0.2) is 4.98 Å². The Kier molecular flexibility index (Phi) is 4.61. The Labute approximate surface area is 137 Å². The number of anilines is 1. The van der Waals surface area contributed by atoms with Crippen molar-refractivity contribution in [2.75, 3.05) is 31.2 Å². The average molecular weight is 338 g/mol. The van der Waals surface area contributed by atoms with Crippen LogP contribution in [0.25, 0.3) is 11.3 Å². The molecule has 0 unspecified atom stereocenters. The van der Waals surface area contributed by atoms with Gasteiger partial charge in [-0.05, 0) is 12.1 Å². The number of aliphatic carboxylic acids is 1. The Balaban J connectivity index is 1.96. The molecule has 0 spiro atoms. The van der Waals surface area contributed by atoms with Gasteiger partial charge < -0.3 is 19.5 Å². The number of aromatic nitrogens is 1. The van der Waals surface area contributed by atoms with Gasteiger partial charge in [-0.2, -0.15) is 0 Å². The minimum absolute atomic E-state index is 0.139. The lowest BCUT2D eigenvalue weighted by atomic mass is 10.1. The fourth-order valence-corrected chi connectivity index (χ4v) is 3.56. The van der Waals surface area contributed by atoms with Gasteiger partial charge >= 0.3 is 0 Å². The summed E-state index contributed by atoms with van der Waals surface area (Å²) in [4.78, 5) is 18.5. The van der Waals surface area contributed by atoms with Gasteiger partial charge in [0, 0.05) is 40.9 Å². The van der Waals surface area contributed by atoms with Gasteiger partial charge in [-0.15, -0.1) is 11.3 Å². The SMILES string of the molecule is O=C([O-])Cc1sc(N2CCOCC2)nc1-c1ccc(Cl)cc1. The van der Waals surface area contributed by atoms with Crippen molar-refractivity contribution in [2.24, 2.45) is 0 Å². The van der Waals surface area contributed by atoms with E-state index in [0.29, 0.717) is 28.8 Å². The lowest BCUT2D eigenvalue weighted by molar-refractivity contribution is -0.304. The maximum Gasteiger partial charge on any atom is 0.186 e. The first-order valence-corrected chi connectivity index (χ1v) is 8.11. The van der Waals surface area contributed by atoms with Crippen LogP contribution in [0.5, 0.6) is 0 Å². The molecule has 1 aliphatic rings. The number of benzene rings is 1. The van der Waals surface area contributed by atoms with Gasteiger partial charge in [-0.3, -0.25) is 0 Å².